The van der Waals surface area contributed by atoms with Gasteiger partial charge in [-0.05, 0) is 0 Å². The summed E-state index contributed by atoms with van der Waals surface area (Å²) in [6.45, 7) is 4.29. The second kappa shape index (κ2) is 9.83. The van der Waals surface area contributed by atoms with Crippen LogP contribution in [0.5, 0.6) is 0 Å². The molecule has 142 valence electrons. The summed E-state index contributed by atoms with van der Waals surface area (Å²) in [4.78, 5) is 9.78. The molecule has 2 aromatic carbocycles. The van der Waals surface area contributed by atoms with Crippen molar-refractivity contribution in [3.05, 3.63) is 96.1 Å². The van der Waals surface area contributed by atoms with E-state index in [9.17, 15) is 0 Å². The molecule has 4 aromatic rings. The van der Waals surface area contributed by atoms with Crippen molar-refractivity contribution in [3.63, 3.8) is 0 Å². The average molecular weight is 519 g/mol. The molecule has 2 aromatic heterocycles. The quantitative estimate of drug-likeness (QED) is 0.261. The van der Waals surface area contributed by atoms with Crippen molar-refractivity contribution in [2.45, 2.75) is 23.9 Å². The summed E-state index contributed by atoms with van der Waals surface area (Å²) in [6.07, 6.45) is 0. The van der Waals surface area contributed by atoms with Crippen LogP contribution in [0.1, 0.15) is 11.1 Å². The van der Waals surface area contributed by atoms with Crippen molar-refractivity contribution in [3.8, 4) is 22.5 Å². The second-order valence-corrected chi connectivity index (χ2v) is 16.4. The van der Waals surface area contributed by atoms with E-state index in [0.29, 0.717) is 0 Å². The van der Waals surface area contributed by atoms with E-state index in [1.54, 1.807) is 0 Å². The first kappa shape index (κ1) is 20.5. The van der Waals surface area contributed by atoms with Gasteiger partial charge in [-0.3, -0.25) is 0 Å². The second-order valence-electron chi connectivity index (χ2n) is 6.76. The van der Waals surface area contributed by atoms with Crippen LogP contribution in [0.15, 0.2) is 95.0 Å². The molecule has 0 aliphatic heterocycles. The first-order chi connectivity index (χ1) is 14.2. The van der Waals surface area contributed by atoms with Gasteiger partial charge in [-0.2, -0.15) is 0 Å². The van der Waals surface area contributed by atoms with Crippen molar-refractivity contribution >= 4 is 36.3 Å². The Hall–Kier alpha value is -1.76. The van der Waals surface area contributed by atoms with E-state index in [2.05, 4.69) is 86.6 Å². The standard InChI is InChI=1S/2C12H11NS.Sn/c2*1-9-7-11(13-12(14)8-9)10-5-3-2-4-6-10;/h2*2-8H,1H3,(H,13,14);/q;;+2/p-2. The van der Waals surface area contributed by atoms with Gasteiger partial charge in [0.2, 0.25) is 0 Å². The van der Waals surface area contributed by atoms with E-state index in [1.165, 1.54) is 22.3 Å². The monoisotopic (exact) mass is 520 g/mol. The molecule has 0 bridgehead atoms. The zero-order valence-electron chi connectivity index (χ0n) is 16.3. The Morgan fingerprint density at radius 3 is 1.41 bits per heavy atom. The number of rotatable bonds is 6. The maximum absolute atomic E-state index is 4.89. The minimum atomic E-state index is -0.808. The molecule has 0 spiro atoms. The van der Waals surface area contributed by atoms with Gasteiger partial charge in [0.05, 0.1) is 0 Å². The molecule has 5 heteroatoms. The van der Waals surface area contributed by atoms with Gasteiger partial charge in [0.15, 0.2) is 0 Å². The van der Waals surface area contributed by atoms with Crippen molar-refractivity contribution in [2.24, 2.45) is 0 Å². The molecule has 0 saturated heterocycles. The zero-order valence-corrected chi connectivity index (χ0v) is 20.8. The van der Waals surface area contributed by atoms with Gasteiger partial charge in [-0.25, -0.2) is 0 Å². The predicted octanol–water partition coefficient (Wildman–Crippen LogP) is 6.85. The van der Waals surface area contributed by atoms with Crippen LogP contribution in [0.4, 0.5) is 0 Å². The van der Waals surface area contributed by atoms with Crippen LogP contribution >= 0.6 is 17.9 Å². The predicted molar refractivity (Wildman–Crippen MR) is 126 cm³/mol. The van der Waals surface area contributed by atoms with Gasteiger partial charge in [0.25, 0.3) is 0 Å². The van der Waals surface area contributed by atoms with E-state index >= 15 is 0 Å². The fourth-order valence-electron chi connectivity index (χ4n) is 3.00. The minimum absolute atomic E-state index is 0.808. The fraction of sp³-hybridized carbons (Fsp3) is 0.0833. The summed E-state index contributed by atoms with van der Waals surface area (Å²) in [5.41, 5.74) is 6.96. The summed E-state index contributed by atoms with van der Waals surface area (Å²) in [5.74, 6) is 0. The number of aromatic nitrogens is 2. The van der Waals surface area contributed by atoms with Crippen LogP contribution < -0.4 is 0 Å². The molecule has 2 heterocycles. The topological polar surface area (TPSA) is 25.8 Å². The number of hydrogen-bond acceptors (Lipinski definition) is 4. The molecule has 0 fully saturated rings. The molecule has 0 unspecified atom stereocenters. The molecule has 2 nitrogen and oxygen atoms in total. The molecule has 29 heavy (non-hydrogen) atoms. The summed E-state index contributed by atoms with van der Waals surface area (Å²) >= 11 is -0.808. The molecule has 0 N–H and O–H groups in total. The Morgan fingerprint density at radius 1 is 0.586 bits per heavy atom. The van der Waals surface area contributed by atoms with E-state index in [0.717, 1.165) is 21.4 Å². The van der Waals surface area contributed by atoms with Crippen molar-refractivity contribution < 1.29 is 0 Å². The Balaban J connectivity index is 1.47. The fourth-order valence-corrected chi connectivity index (χ4v) is 11.9. The first-order valence-electron chi connectivity index (χ1n) is 9.34. The summed E-state index contributed by atoms with van der Waals surface area (Å²) < 4.78 is 0. The molecule has 0 saturated carbocycles. The molecule has 4 rings (SSSR count). The van der Waals surface area contributed by atoms with E-state index in [4.69, 9.17) is 9.97 Å². The Bertz CT molecular complexity index is 1010. The molecular weight excluding hydrogens is 499 g/mol. The maximum atomic E-state index is 4.89. The Labute approximate surface area is 187 Å². The van der Waals surface area contributed by atoms with Gasteiger partial charge in [-0.1, -0.05) is 0 Å². The molecule has 0 amide bonds. The molecule has 0 aliphatic rings. The van der Waals surface area contributed by atoms with Gasteiger partial charge in [0.1, 0.15) is 0 Å². The summed E-state index contributed by atoms with van der Waals surface area (Å²) in [7, 11) is 3.86. The Kier molecular flexibility index (Phi) is 6.95. The number of nitrogens with zero attached hydrogens (tertiary/aromatic N) is 2. The third-order valence-corrected chi connectivity index (χ3v) is 13.7. The van der Waals surface area contributed by atoms with Crippen LogP contribution in [0, 0.1) is 13.8 Å². The Morgan fingerprint density at radius 2 is 1.00 bits per heavy atom. The molecule has 0 atom stereocenters. The molecule has 0 aliphatic carbocycles. The van der Waals surface area contributed by atoms with Crippen LogP contribution in [0.3, 0.4) is 0 Å². The van der Waals surface area contributed by atoms with Crippen LogP contribution in [0.25, 0.3) is 22.5 Å². The third kappa shape index (κ3) is 5.65. The van der Waals surface area contributed by atoms with Gasteiger partial charge in [0, 0.05) is 0 Å². The number of hydrogen-bond donors (Lipinski definition) is 0. The van der Waals surface area contributed by atoms with Crippen LogP contribution in [-0.4, -0.2) is 28.3 Å². The number of pyridine rings is 2. The summed E-state index contributed by atoms with van der Waals surface area (Å²) in [5, 5.41) is 2.25. The average Bonchev–Trinajstić information content (AvgIpc) is 2.74. The van der Waals surface area contributed by atoms with Crippen molar-refractivity contribution in [2.75, 3.05) is 0 Å². The van der Waals surface area contributed by atoms with E-state index < -0.39 is 18.4 Å². The van der Waals surface area contributed by atoms with Crippen molar-refractivity contribution in [1.29, 1.82) is 0 Å². The number of aryl methyl sites for hydroxylation is 2. The van der Waals surface area contributed by atoms with Crippen LogP contribution in [0.2, 0.25) is 0 Å². The SMILES string of the molecule is Cc1cc([S][Sn][S]c2cc(C)cc(-c3ccccc3)n2)nc(-c2ccccc2)c1. The van der Waals surface area contributed by atoms with Crippen molar-refractivity contribution in [1.82, 2.24) is 9.97 Å². The number of benzene rings is 2. The summed E-state index contributed by atoms with van der Waals surface area (Å²) in [6, 6.07) is 29.5. The van der Waals surface area contributed by atoms with Gasteiger partial charge in [-0.15, -0.1) is 0 Å². The normalized spacial score (nSPS) is 10.8. The molecular formula is C24H20N2S2Sn. The third-order valence-electron chi connectivity index (χ3n) is 4.32. The zero-order chi connectivity index (χ0) is 20.1. The van der Waals surface area contributed by atoms with Gasteiger partial charge >= 0.3 is 189 Å². The van der Waals surface area contributed by atoms with Crippen LogP contribution in [-0.2, 0) is 0 Å². The van der Waals surface area contributed by atoms with E-state index in [1.807, 2.05) is 30.0 Å². The van der Waals surface area contributed by atoms with E-state index in [-0.39, 0.29) is 0 Å². The first-order valence-corrected chi connectivity index (χ1v) is 18.0. The molecule has 2 radical (unpaired) electrons. The van der Waals surface area contributed by atoms with Gasteiger partial charge < -0.3 is 0 Å².